The third-order valence-corrected chi connectivity index (χ3v) is 5.64. The van der Waals surface area contributed by atoms with Crippen LogP contribution in [-0.2, 0) is 4.79 Å². The Hall–Kier alpha value is -2.02. The largest absolute Gasteiger partial charge is 0.352 e. The van der Waals surface area contributed by atoms with Crippen molar-refractivity contribution in [3.05, 3.63) is 27.1 Å². The predicted octanol–water partition coefficient (Wildman–Crippen LogP) is 2.20. The lowest BCUT2D eigenvalue weighted by Gasteiger charge is -2.18. The molecule has 2 aromatic rings. The second-order valence-corrected chi connectivity index (χ2v) is 7.04. The topological polar surface area (TPSA) is 81.1 Å². The van der Waals surface area contributed by atoms with Crippen molar-refractivity contribution in [3.8, 4) is 0 Å². The van der Waals surface area contributed by atoms with Gasteiger partial charge in [-0.05, 0) is 32.3 Å². The highest BCUT2D eigenvalue weighted by Gasteiger charge is 2.23. The van der Waals surface area contributed by atoms with E-state index in [1.54, 1.807) is 13.8 Å². The first kappa shape index (κ1) is 15.9. The zero-order valence-corrected chi connectivity index (χ0v) is 14.0. The van der Waals surface area contributed by atoms with Gasteiger partial charge in [-0.15, -0.1) is 11.3 Å². The van der Waals surface area contributed by atoms with Crippen molar-refractivity contribution in [1.82, 2.24) is 14.9 Å². The molecule has 1 saturated carbocycles. The van der Waals surface area contributed by atoms with Gasteiger partial charge in [0, 0.05) is 6.04 Å². The number of carbonyl (C=O) groups is 2. The Kier molecular flexibility index (Phi) is 4.30. The van der Waals surface area contributed by atoms with E-state index in [9.17, 15) is 14.4 Å². The van der Waals surface area contributed by atoms with Gasteiger partial charge in [-0.3, -0.25) is 19.0 Å². The predicted molar refractivity (Wildman–Crippen MR) is 89.1 cm³/mol. The molecule has 7 heteroatoms. The summed E-state index contributed by atoms with van der Waals surface area (Å²) in [5.74, 6) is -0.163. The van der Waals surface area contributed by atoms with Crippen molar-refractivity contribution in [3.63, 3.8) is 0 Å². The summed E-state index contributed by atoms with van der Waals surface area (Å²) in [5, 5.41) is 3.43. The van der Waals surface area contributed by atoms with Crippen molar-refractivity contribution in [2.24, 2.45) is 0 Å². The van der Waals surface area contributed by atoms with E-state index in [-0.39, 0.29) is 17.5 Å². The lowest BCUT2D eigenvalue weighted by molar-refractivity contribution is -0.124. The highest BCUT2D eigenvalue weighted by atomic mass is 32.1. The van der Waals surface area contributed by atoms with Gasteiger partial charge in [0.1, 0.15) is 10.9 Å². The van der Waals surface area contributed by atoms with Crippen molar-refractivity contribution in [2.75, 3.05) is 0 Å². The third-order valence-electron chi connectivity index (χ3n) is 4.52. The molecule has 0 aliphatic heterocycles. The monoisotopic (exact) mass is 333 g/mol. The van der Waals surface area contributed by atoms with Gasteiger partial charge in [-0.2, -0.15) is 0 Å². The van der Waals surface area contributed by atoms with Crippen LogP contribution in [0.2, 0.25) is 0 Å². The summed E-state index contributed by atoms with van der Waals surface area (Å²) >= 11 is 1.20. The molecule has 0 radical (unpaired) electrons. The molecular formula is C16H19N3O3S. The zero-order chi connectivity index (χ0) is 16.6. The van der Waals surface area contributed by atoms with Crippen molar-refractivity contribution >= 4 is 33.7 Å². The smallest absolute Gasteiger partial charge is 0.263 e. The van der Waals surface area contributed by atoms with E-state index in [4.69, 9.17) is 0 Å². The number of carbonyl (C=O) groups excluding carboxylic acids is 2. The minimum atomic E-state index is -0.626. The molecule has 0 bridgehead atoms. The van der Waals surface area contributed by atoms with Crippen LogP contribution in [0.1, 0.15) is 53.9 Å². The van der Waals surface area contributed by atoms with Crippen LogP contribution in [0.25, 0.3) is 10.2 Å². The average molecular weight is 333 g/mol. The van der Waals surface area contributed by atoms with Crippen LogP contribution in [0.4, 0.5) is 0 Å². The number of hydrogen-bond donors (Lipinski definition) is 1. The lowest BCUT2D eigenvalue weighted by atomic mass is 10.2. The molecule has 6 nitrogen and oxygen atoms in total. The highest BCUT2D eigenvalue weighted by molar-refractivity contribution is 7.20. The van der Waals surface area contributed by atoms with Gasteiger partial charge in [0.15, 0.2) is 6.29 Å². The summed E-state index contributed by atoms with van der Waals surface area (Å²) in [4.78, 5) is 41.4. The van der Waals surface area contributed by atoms with Crippen molar-refractivity contribution < 1.29 is 9.59 Å². The maximum absolute atomic E-state index is 12.7. The fourth-order valence-corrected chi connectivity index (χ4v) is 4.01. The number of nitrogens with one attached hydrogen (secondary N) is 1. The van der Waals surface area contributed by atoms with E-state index in [0.29, 0.717) is 20.7 Å². The van der Waals surface area contributed by atoms with Crippen LogP contribution in [0, 0.1) is 6.92 Å². The van der Waals surface area contributed by atoms with Crippen LogP contribution < -0.4 is 10.9 Å². The maximum Gasteiger partial charge on any atom is 0.263 e. The third kappa shape index (κ3) is 2.81. The Morgan fingerprint density at radius 3 is 2.83 bits per heavy atom. The van der Waals surface area contributed by atoms with Gasteiger partial charge < -0.3 is 5.32 Å². The normalized spacial score (nSPS) is 16.6. The molecule has 1 amide bonds. The first-order chi connectivity index (χ1) is 11.0. The van der Waals surface area contributed by atoms with Crippen LogP contribution >= 0.6 is 11.3 Å². The molecule has 0 saturated heterocycles. The molecule has 2 heterocycles. The fourth-order valence-electron chi connectivity index (χ4n) is 3.06. The molecule has 1 atom stereocenters. The molecule has 23 heavy (non-hydrogen) atoms. The van der Waals surface area contributed by atoms with E-state index in [0.717, 1.165) is 32.0 Å². The first-order valence-corrected chi connectivity index (χ1v) is 8.60. The minimum absolute atomic E-state index is 0.163. The molecule has 3 rings (SSSR count). The number of aldehydes is 1. The van der Waals surface area contributed by atoms with Crippen molar-refractivity contribution in [1.29, 1.82) is 0 Å². The summed E-state index contributed by atoms with van der Waals surface area (Å²) in [7, 11) is 0. The molecule has 2 aromatic heterocycles. The Labute approximate surface area is 137 Å². The number of nitrogens with zero attached hydrogens (tertiary/aromatic N) is 2. The van der Waals surface area contributed by atoms with Crippen LogP contribution in [0.5, 0.6) is 0 Å². The first-order valence-electron chi connectivity index (χ1n) is 7.78. The molecule has 1 N–H and O–H groups in total. The molecule has 0 spiro atoms. The second kappa shape index (κ2) is 6.23. The Morgan fingerprint density at radius 2 is 2.17 bits per heavy atom. The summed E-state index contributed by atoms with van der Waals surface area (Å²) < 4.78 is 1.35. The van der Waals surface area contributed by atoms with Crippen LogP contribution in [0.3, 0.4) is 0 Å². The fraction of sp³-hybridized carbons (Fsp3) is 0.500. The van der Waals surface area contributed by atoms with E-state index in [1.807, 2.05) is 0 Å². The highest BCUT2D eigenvalue weighted by Crippen LogP contribution is 2.25. The second-order valence-electron chi connectivity index (χ2n) is 6.01. The minimum Gasteiger partial charge on any atom is -0.352 e. The average Bonchev–Trinajstić information content (AvgIpc) is 3.15. The molecular weight excluding hydrogens is 314 g/mol. The van der Waals surface area contributed by atoms with Gasteiger partial charge in [0.2, 0.25) is 5.91 Å². The van der Waals surface area contributed by atoms with E-state index in [2.05, 4.69) is 10.3 Å². The number of rotatable bonds is 4. The number of fused-ring (bicyclic) bond motifs is 1. The lowest BCUT2D eigenvalue weighted by Crippen LogP contribution is -2.40. The summed E-state index contributed by atoms with van der Waals surface area (Å²) in [6, 6.07) is -0.416. The number of hydrogen-bond acceptors (Lipinski definition) is 5. The van der Waals surface area contributed by atoms with Crippen LogP contribution in [0.15, 0.2) is 11.1 Å². The number of thiophene rings is 1. The molecule has 1 aliphatic carbocycles. The van der Waals surface area contributed by atoms with Gasteiger partial charge in [-0.25, -0.2) is 4.98 Å². The standard InChI is InChI=1S/C16H19N3O3S/c1-9-12(7-20)23-15-13(9)16(22)19(8-17-15)10(2)14(21)18-11-5-3-4-6-11/h7-8,10-11H,3-6H2,1-2H3,(H,18,21). The molecule has 1 aliphatic rings. The summed E-state index contributed by atoms with van der Waals surface area (Å²) in [6.07, 6.45) is 6.40. The van der Waals surface area contributed by atoms with Gasteiger partial charge in [-0.1, -0.05) is 12.8 Å². The SMILES string of the molecule is Cc1c(C=O)sc2ncn(C(C)C(=O)NC3CCCC3)c(=O)c12. The molecule has 122 valence electrons. The number of aromatic nitrogens is 2. The molecule has 1 unspecified atom stereocenters. The zero-order valence-electron chi connectivity index (χ0n) is 13.2. The molecule has 0 aromatic carbocycles. The number of amides is 1. The molecule has 1 fully saturated rings. The Balaban J connectivity index is 1.94. The number of aryl methyl sites for hydroxylation is 1. The van der Waals surface area contributed by atoms with Gasteiger partial charge in [0.25, 0.3) is 5.56 Å². The Morgan fingerprint density at radius 1 is 1.48 bits per heavy atom. The maximum atomic E-state index is 12.7. The van der Waals surface area contributed by atoms with E-state index < -0.39 is 6.04 Å². The van der Waals surface area contributed by atoms with Crippen molar-refractivity contribution in [2.45, 2.75) is 51.6 Å². The van der Waals surface area contributed by atoms with E-state index in [1.165, 1.54) is 22.2 Å². The summed E-state index contributed by atoms with van der Waals surface area (Å²) in [5.41, 5.74) is 0.362. The van der Waals surface area contributed by atoms with Gasteiger partial charge in [0.05, 0.1) is 16.6 Å². The quantitative estimate of drug-likeness (QED) is 0.870. The van der Waals surface area contributed by atoms with Gasteiger partial charge >= 0.3 is 0 Å². The van der Waals surface area contributed by atoms with E-state index >= 15 is 0 Å². The summed E-state index contributed by atoms with van der Waals surface area (Å²) in [6.45, 7) is 3.43. The van der Waals surface area contributed by atoms with Crippen LogP contribution in [-0.4, -0.2) is 27.8 Å². The Bertz CT molecular complexity index is 818.